The third kappa shape index (κ3) is 2.76. The number of aryl methyl sites for hydroxylation is 1. The summed E-state index contributed by atoms with van der Waals surface area (Å²) in [5.41, 5.74) is 6.48. The molecule has 1 aromatic heterocycles. The molecule has 0 bridgehead atoms. The van der Waals surface area contributed by atoms with Crippen LogP contribution in [0.15, 0.2) is 17.1 Å². The summed E-state index contributed by atoms with van der Waals surface area (Å²) >= 11 is 0. The Bertz CT molecular complexity index is 1130. The summed E-state index contributed by atoms with van der Waals surface area (Å²) in [6.45, 7) is 3.04. The van der Waals surface area contributed by atoms with Crippen LogP contribution < -0.4 is 16.1 Å². The van der Waals surface area contributed by atoms with E-state index in [1.165, 1.54) is 10.8 Å². The number of anilines is 1. The van der Waals surface area contributed by atoms with Gasteiger partial charge in [-0.15, -0.1) is 0 Å². The molecule has 1 aliphatic heterocycles. The van der Waals surface area contributed by atoms with Crippen molar-refractivity contribution in [1.29, 1.82) is 0 Å². The predicted molar refractivity (Wildman–Crippen MR) is 110 cm³/mol. The van der Waals surface area contributed by atoms with Gasteiger partial charge in [0.1, 0.15) is 17.6 Å². The number of rotatable bonds is 4. The summed E-state index contributed by atoms with van der Waals surface area (Å²) < 4.78 is 30.7. The Labute approximate surface area is 172 Å². The van der Waals surface area contributed by atoms with Gasteiger partial charge in [-0.1, -0.05) is 0 Å². The number of nitrogens with two attached hydrogens (primary N) is 1. The van der Waals surface area contributed by atoms with Gasteiger partial charge in [-0.3, -0.25) is 4.79 Å². The number of carboxylic acids is 1. The van der Waals surface area contributed by atoms with E-state index in [2.05, 4.69) is 0 Å². The normalized spacial score (nSPS) is 27.3. The van der Waals surface area contributed by atoms with E-state index in [1.54, 1.807) is 6.92 Å². The molecule has 2 heterocycles. The Morgan fingerprint density at radius 1 is 1.37 bits per heavy atom. The fourth-order valence-electron chi connectivity index (χ4n) is 5.34. The first-order valence-electron chi connectivity index (χ1n) is 10.5. The molecule has 8 heteroatoms. The molecular weight excluding hydrogens is 392 g/mol. The highest BCUT2D eigenvalue weighted by Gasteiger charge is 2.44. The number of pyridine rings is 1. The van der Waals surface area contributed by atoms with Gasteiger partial charge in [0.2, 0.25) is 5.43 Å². The first-order valence-corrected chi connectivity index (χ1v) is 10.5. The number of benzene rings is 1. The quantitative estimate of drug-likeness (QED) is 0.798. The Morgan fingerprint density at radius 2 is 2.07 bits per heavy atom. The lowest BCUT2D eigenvalue weighted by molar-refractivity contribution is 0.0694. The predicted octanol–water partition coefficient (Wildman–Crippen LogP) is 3.14. The molecule has 3 aliphatic rings. The third-order valence-electron chi connectivity index (χ3n) is 7.35. The van der Waals surface area contributed by atoms with Gasteiger partial charge in [0.25, 0.3) is 0 Å². The number of carbonyl (C=O) groups is 1. The number of nitrogens with zero attached hydrogens (tertiary/aromatic N) is 2. The van der Waals surface area contributed by atoms with Crippen molar-refractivity contribution in [2.75, 3.05) is 18.0 Å². The maximum Gasteiger partial charge on any atom is 0.341 e. The molecule has 2 aromatic rings. The Hall–Kier alpha value is -2.48. The summed E-state index contributed by atoms with van der Waals surface area (Å²) in [5, 5.41) is 9.38. The van der Waals surface area contributed by atoms with E-state index in [0.717, 1.165) is 31.7 Å². The largest absolute Gasteiger partial charge is 0.477 e. The SMILES string of the molecule is Cc1c(N2CCC(C3(N)CCC3)C2)c(F)cc2c(=O)c(C(=O)O)cn([C@@H]3C[C@@H]3F)c12. The molecule has 6 nitrogen and oxygen atoms in total. The lowest BCUT2D eigenvalue weighted by Gasteiger charge is -2.43. The van der Waals surface area contributed by atoms with Gasteiger partial charge in [0.15, 0.2) is 0 Å². The number of fused-ring (bicyclic) bond motifs is 1. The van der Waals surface area contributed by atoms with E-state index >= 15 is 4.39 Å². The van der Waals surface area contributed by atoms with Crippen LogP contribution in [-0.4, -0.2) is 40.4 Å². The molecule has 1 aromatic carbocycles. The van der Waals surface area contributed by atoms with Crippen molar-refractivity contribution in [3.63, 3.8) is 0 Å². The Morgan fingerprint density at radius 3 is 2.63 bits per heavy atom. The van der Waals surface area contributed by atoms with Crippen LogP contribution in [0.2, 0.25) is 0 Å². The molecule has 0 spiro atoms. The number of carboxylic acid groups (broad SMARTS) is 1. The highest BCUT2D eigenvalue weighted by atomic mass is 19.1. The number of hydrogen-bond donors (Lipinski definition) is 2. The molecule has 2 saturated carbocycles. The highest BCUT2D eigenvalue weighted by Crippen LogP contribution is 2.45. The third-order valence-corrected chi connectivity index (χ3v) is 7.35. The van der Waals surface area contributed by atoms with Crippen molar-refractivity contribution in [3.8, 4) is 0 Å². The number of aromatic carboxylic acids is 1. The van der Waals surface area contributed by atoms with E-state index in [4.69, 9.17) is 5.73 Å². The first kappa shape index (κ1) is 19.5. The Kier molecular flexibility index (Phi) is 4.23. The van der Waals surface area contributed by atoms with Crippen LogP contribution in [0, 0.1) is 18.7 Å². The summed E-state index contributed by atoms with van der Waals surface area (Å²) in [6.07, 6.45) is 4.35. The monoisotopic (exact) mass is 417 g/mol. The lowest BCUT2D eigenvalue weighted by Crippen LogP contribution is -2.53. The van der Waals surface area contributed by atoms with Crippen LogP contribution in [-0.2, 0) is 0 Å². The molecule has 3 N–H and O–H groups in total. The molecule has 5 rings (SSSR count). The van der Waals surface area contributed by atoms with Crippen molar-refractivity contribution < 1.29 is 18.7 Å². The standard InChI is InChI=1S/C22H25F2N3O3/c1-11-18-13(20(28)14(21(29)30)10-27(18)17-8-15(17)23)7-16(24)19(11)26-6-3-12(9-26)22(25)4-2-5-22/h7,10,12,15,17H,2-6,8-9,25H2,1H3,(H,29,30)/t12?,15-,17+/m0/s1. The summed E-state index contributed by atoms with van der Waals surface area (Å²) in [5.74, 6) is -1.67. The van der Waals surface area contributed by atoms with Crippen LogP contribution in [0.25, 0.3) is 10.9 Å². The van der Waals surface area contributed by atoms with Crippen molar-refractivity contribution in [1.82, 2.24) is 4.57 Å². The van der Waals surface area contributed by atoms with Crippen molar-refractivity contribution >= 4 is 22.6 Å². The maximum absolute atomic E-state index is 15.2. The molecule has 3 atom stereocenters. The molecule has 3 fully saturated rings. The van der Waals surface area contributed by atoms with Gasteiger partial charge in [-0.05, 0) is 50.2 Å². The van der Waals surface area contributed by atoms with Crippen LogP contribution in [0.1, 0.15) is 54.1 Å². The zero-order valence-electron chi connectivity index (χ0n) is 16.8. The van der Waals surface area contributed by atoms with E-state index in [-0.39, 0.29) is 23.3 Å². The minimum absolute atomic E-state index is 0.0159. The summed E-state index contributed by atoms with van der Waals surface area (Å²) in [6, 6.07) is 0.588. The highest BCUT2D eigenvalue weighted by molar-refractivity contribution is 5.95. The van der Waals surface area contributed by atoms with Crippen molar-refractivity contribution in [2.45, 2.75) is 56.8 Å². The fraction of sp³-hybridized carbons (Fsp3) is 0.545. The molecule has 0 amide bonds. The van der Waals surface area contributed by atoms with Crippen molar-refractivity contribution in [3.05, 3.63) is 39.4 Å². The molecule has 160 valence electrons. The van der Waals surface area contributed by atoms with Gasteiger partial charge in [0, 0.05) is 36.6 Å². The zero-order valence-corrected chi connectivity index (χ0v) is 16.8. The number of hydrogen-bond acceptors (Lipinski definition) is 4. The van der Waals surface area contributed by atoms with Crippen LogP contribution >= 0.6 is 0 Å². The second kappa shape index (κ2) is 6.51. The van der Waals surface area contributed by atoms with Gasteiger partial charge in [0.05, 0.1) is 17.2 Å². The number of halogens is 2. The molecule has 1 saturated heterocycles. The van der Waals surface area contributed by atoms with Crippen LogP contribution in [0.4, 0.5) is 14.5 Å². The first-order chi connectivity index (χ1) is 14.2. The van der Waals surface area contributed by atoms with Gasteiger partial charge < -0.3 is 20.3 Å². The average Bonchev–Trinajstić information content (AvgIpc) is 3.19. The van der Waals surface area contributed by atoms with E-state index in [0.29, 0.717) is 29.9 Å². The fourth-order valence-corrected chi connectivity index (χ4v) is 5.34. The van der Waals surface area contributed by atoms with E-state index < -0.39 is 35.0 Å². The smallest absolute Gasteiger partial charge is 0.341 e. The van der Waals surface area contributed by atoms with Gasteiger partial charge >= 0.3 is 5.97 Å². The van der Waals surface area contributed by atoms with Crippen LogP contribution in [0.3, 0.4) is 0 Å². The van der Waals surface area contributed by atoms with Gasteiger partial charge in [-0.25, -0.2) is 13.6 Å². The van der Waals surface area contributed by atoms with Gasteiger partial charge in [-0.2, -0.15) is 0 Å². The summed E-state index contributed by atoms with van der Waals surface area (Å²) in [7, 11) is 0. The lowest BCUT2D eigenvalue weighted by atomic mass is 9.68. The maximum atomic E-state index is 15.2. The molecule has 30 heavy (non-hydrogen) atoms. The minimum atomic E-state index is -1.40. The molecule has 1 unspecified atom stereocenters. The summed E-state index contributed by atoms with van der Waals surface area (Å²) in [4.78, 5) is 26.2. The number of alkyl halides is 1. The molecular formula is C22H25F2N3O3. The second-order valence-corrected chi connectivity index (χ2v) is 9.15. The zero-order chi connectivity index (χ0) is 21.4. The van der Waals surface area contributed by atoms with Crippen molar-refractivity contribution in [2.24, 2.45) is 11.7 Å². The minimum Gasteiger partial charge on any atom is -0.477 e. The Balaban J connectivity index is 1.65. The average molecular weight is 417 g/mol. The van der Waals surface area contributed by atoms with E-state index in [1.807, 2.05) is 4.90 Å². The van der Waals surface area contributed by atoms with E-state index in [9.17, 15) is 19.1 Å². The molecule has 2 aliphatic carbocycles. The van der Waals surface area contributed by atoms with Crippen LogP contribution in [0.5, 0.6) is 0 Å². The topological polar surface area (TPSA) is 88.6 Å². The number of aromatic nitrogens is 1. The molecule has 0 radical (unpaired) electrons. The second-order valence-electron chi connectivity index (χ2n) is 9.15.